The second-order valence-electron chi connectivity index (χ2n) is 5.49. The van der Waals surface area contributed by atoms with Gasteiger partial charge in [-0.15, -0.1) is 0 Å². The number of hydrogen-bond donors (Lipinski definition) is 1. The molecule has 1 saturated carbocycles. The van der Waals surface area contributed by atoms with Crippen LogP contribution in [0.1, 0.15) is 43.9 Å². The van der Waals surface area contributed by atoms with Crippen molar-refractivity contribution in [3.8, 4) is 0 Å². The van der Waals surface area contributed by atoms with Gasteiger partial charge in [0.2, 0.25) is 0 Å². The summed E-state index contributed by atoms with van der Waals surface area (Å²) in [5.74, 6) is 1.75. The fourth-order valence-corrected chi connectivity index (χ4v) is 2.75. The summed E-state index contributed by atoms with van der Waals surface area (Å²) >= 11 is 0. The van der Waals surface area contributed by atoms with E-state index in [9.17, 15) is 0 Å². The first kappa shape index (κ1) is 12.6. The molecule has 1 heterocycles. The lowest BCUT2D eigenvalue weighted by Crippen LogP contribution is -2.17. The summed E-state index contributed by atoms with van der Waals surface area (Å²) in [5, 5.41) is 0. The Balaban J connectivity index is 1.91. The van der Waals surface area contributed by atoms with Gasteiger partial charge in [-0.2, -0.15) is 0 Å². The molecule has 0 bridgehead atoms. The SMILES string of the molecule is C[C@H](Cc1ncccc1CCN)CC1CCC1. The van der Waals surface area contributed by atoms with E-state index in [1.165, 1.54) is 36.9 Å². The summed E-state index contributed by atoms with van der Waals surface area (Å²) in [7, 11) is 0. The Morgan fingerprint density at radius 1 is 1.47 bits per heavy atom. The van der Waals surface area contributed by atoms with Crippen LogP contribution in [0.5, 0.6) is 0 Å². The second kappa shape index (κ2) is 6.15. The molecule has 2 N–H and O–H groups in total. The highest BCUT2D eigenvalue weighted by molar-refractivity contribution is 5.20. The van der Waals surface area contributed by atoms with Crippen LogP contribution < -0.4 is 5.73 Å². The van der Waals surface area contributed by atoms with E-state index in [1.54, 1.807) is 0 Å². The lowest BCUT2D eigenvalue weighted by molar-refractivity contribution is 0.255. The van der Waals surface area contributed by atoms with E-state index in [-0.39, 0.29) is 0 Å². The van der Waals surface area contributed by atoms with Crippen molar-refractivity contribution in [1.29, 1.82) is 0 Å². The minimum Gasteiger partial charge on any atom is -0.330 e. The molecule has 1 aromatic heterocycles. The molecule has 0 aliphatic heterocycles. The molecule has 1 aromatic rings. The first-order chi connectivity index (χ1) is 8.29. The lowest BCUT2D eigenvalue weighted by atomic mass is 9.78. The van der Waals surface area contributed by atoms with E-state index in [2.05, 4.69) is 18.0 Å². The molecule has 0 radical (unpaired) electrons. The minimum absolute atomic E-state index is 0.718. The molecule has 1 fully saturated rings. The van der Waals surface area contributed by atoms with Gasteiger partial charge in [0.25, 0.3) is 0 Å². The highest BCUT2D eigenvalue weighted by atomic mass is 14.7. The Bertz CT molecular complexity index is 345. The van der Waals surface area contributed by atoms with Crippen LogP contribution in [0.4, 0.5) is 0 Å². The summed E-state index contributed by atoms with van der Waals surface area (Å²) < 4.78 is 0. The molecule has 1 aliphatic carbocycles. The van der Waals surface area contributed by atoms with E-state index in [1.807, 2.05) is 12.3 Å². The van der Waals surface area contributed by atoms with Gasteiger partial charge in [-0.1, -0.05) is 32.3 Å². The van der Waals surface area contributed by atoms with Crippen LogP contribution in [0, 0.1) is 11.8 Å². The molecule has 0 saturated heterocycles. The predicted octanol–water partition coefficient (Wildman–Crippen LogP) is 2.95. The molecule has 2 rings (SSSR count). The highest BCUT2D eigenvalue weighted by Gasteiger charge is 2.20. The van der Waals surface area contributed by atoms with Gasteiger partial charge in [0.05, 0.1) is 0 Å². The molecule has 0 aromatic carbocycles. The molecule has 0 amide bonds. The van der Waals surface area contributed by atoms with Crippen molar-refractivity contribution in [2.75, 3.05) is 6.54 Å². The maximum atomic E-state index is 5.64. The average Bonchev–Trinajstić information content (AvgIpc) is 2.27. The number of nitrogens with zero attached hydrogens (tertiary/aromatic N) is 1. The van der Waals surface area contributed by atoms with E-state index in [0.717, 1.165) is 31.2 Å². The van der Waals surface area contributed by atoms with E-state index in [4.69, 9.17) is 5.73 Å². The Hall–Kier alpha value is -0.890. The Morgan fingerprint density at radius 3 is 2.94 bits per heavy atom. The molecule has 2 heteroatoms. The third kappa shape index (κ3) is 3.53. The van der Waals surface area contributed by atoms with E-state index in [0.29, 0.717) is 0 Å². The summed E-state index contributed by atoms with van der Waals surface area (Å²) in [5.41, 5.74) is 8.26. The van der Waals surface area contributed by atoms with Crippen LogP contribution >= 0.6 is 0 Å². The minimum atomic E-state index is 0.718. The number of aromatic nitrogens is 1. The van der Waals surface area contributed by atoms with Gasteiger partial charge in [0.1, 0.15) is 0 Å². The van der Waals surface area contributed by atoms with Crippen LogP contribution in [-0.2, 0) is 12.8 Å². The van der Waals surface area contributed by atoms with Crippen LogP contribution in [0.15, 0.2) is 18.3 Å². The van der Waals surface area contributed by atoms with Crippen molar-refractivity contribution in [2.24, 2.45) is 17.6 Å². The smallest absolute Gasteiger partial charge is 0.0438 e. The van der Waals surface area contributed by atoms with Crippen molar-refractivity contribution in [1.82, 2.24) is 4.98 Å². The third-order valence-corrected chi connectivity index (χ3v) is 3.90. The van der Waals surface area contributed by atoms with Crippen LogP contribution in [0.2, 0.25) is 0 Å². The molecular weight excluding hydrogens is 208 g/mol. The van der Waals surface area contributed by atoms with Crippen LogP contribution in [-0.4, -0.2) is 11.5 Å². The third-order valence-electron chi connectivity index (χ3n) is 3.90. The summed E-state index contributed by atoms with van der Waals surface area (Å²) in [6.07, 6.45) is 9.69. The molecule has 17 heavy (non-hydrogen) atoms. The number of pyridine rings is 1. The van der Waals surface area contributed by atoms with Gasteiger partial charge in [-0.05, 0) is 49.3 Å². The summed E-state index contributed by atoms with van der Waals surface area (Å²) in [6, 6.07) is 4.19. The molecule has 1 aliphatic rings. The van der Waals surface area contributed by atoms with E-state index >= 15 is 0 Å². The van der Waals surface area contributed by atoms with Gasteiger partial charge in [0.15, 0.2) is 0 Å². The highest BCUT2D eigenvalue weighted by Crippen LogP contribution is 2.33. The maximum Gasteiger partial charge on any atom is 0.0438 e. The average molecular weight is 232 g/mol. The molecule has 0 unspecified atom stereocenters. The van der Waals surface area contributed by atoms with Gasteiger partial charge < -0.3 is 5.73 Å². The van der Waals surface area contributed by atoms with Gasteiger partial charge in [-0.3, -0.25) is 4.98 Å². The van der Waals surface area contributed by atoms with Crippen molar-refractivity contribution in [2.45, 2.75) is 45.4 Å². The zero-order valence-electron chi connectivity index (χ0n) is 10.9. The van der Waals surface area contributed by atoms with Crippen molar-refractivity contribution in [3.05, 3.63) is 29.6 Å². The quantitative estimate of drug-likeness (QED) is 0.819. The Labute approximate surface area is 105 Å². The van der Waals surface area contributed by atoms with E-state index < -0.39 is 0 Å². The largest absolute Gasteiger partial charge is 0.330 e. The zero-order valence-corrected chi connectivity index (χ0v) is 10.9. The molecule has 2 nitrogen and oxygen atoms in total. The maximum absolute atomic E-state index is 5.64. The normalized spacial score (nSPS) is 17.8. The first-order valence-corrected chi connectivity index (χ1v) is 6.92. The van der Waals surface area contributed by atoms with Crippen LogP contribution in [0.25, 0.3) is 0 Å². The van der Waals surface area contributed by atoms with Gasteiger partial charge >= 0.3 is 0 Å². The number of rotatable bonds is 6. The predicted molar refractivity (Wildman–Crippen MR) is 71.8 cm³/mol. The molecule has 1 atom stereocenters. The monoisotopic (exact) mass is 232 g/mol. The van der Waals surface area contributed by atoms with Crippen LogP contribution in [0.3, 0.4) is 0 Å². The van der Waals surface area contributed by atoms with Crippen molar-refractivity contribution < 1.29 is 0 Å². The zero-order chi connectivity index (χ0) is 12.1. The summed E-state index contributed by atoms with van der Waals surface area (Å²) in [6.45, 7) is 3.08. The summed E-state index contributed by atoms with van der Waals surface area (Å²) in [4.78, 5) is 4.53. The number of nitrogens with two attached hydrogens (primary N) is 1. The van der Waals surface area contributed by atoms with Gasteiger partial charge in [-0.25, -0.2) is 0 Å². The molecule has 94 valence electrons. The fraction of sp³-hybridized carbons (Fsp3) is 0.667. The second-order valence-corrected chi connectivity index (χ2v) is 5.49. The number of hydrogen-bond acceptors (Lipinski definition) is 2. The standard InChI is InChI=1S/C15H24N2/c1-12(10-13-4-2-5-13)11-15-14(7-8-16)6-3-9-17-15/h3,6,9,12-13H,2,4-5,7-8,10-11,16H2,1H3/t12-/m0/s1. The fourth-order valence-electron chi connectivity index (χ4n) is 2.75. The molecule has 0 spiro atoms. The Morgan fingerprint density at radius 2 is 2.29 bits per heavy atom. The Kier molecular flexibility index (Phi) is 4.55. The van der Waals surface area contributed by atoms with Crippen molar-refractivity contribution in [3.63, 3.8) is 0 Å². The van der Waals surface area contributed by atoms with Crippen molar-refractivity contribution >= 4 is 0 Å². The molecular formula is C15H24N2. The first-order valence-electron chi connectivity index (χ1n) is 6.92. The van der Waals surface area contributed by atoms with Gasteiger partial charge in [0, 0.05) is 11.9 Å². The topological polar surface area (TPSA) is 38.9 Å². The lowest BCUT2D eigenvalue weighted by Gasteiger charge is -2.28.